The van der Waals surface area contributed by atoms with Gasteiger partial charge in [-0.3, -0.25) is 4.99 Å². The molecule has 0 aromatic heterocycles. The number of allylic oxidation sites excluding steroid dienone is 2. The van der Waals surface area contributed by atoms with Gasteiger partial charge in [0.15, 0.2) is 0 Å². The lowest BCUT2D eigenvalue weighted by Gasteiger charge is -2.12. The quantitative estimate of drug-likeness (QED) is 0.520. The first-order chi connectivity index (χ1) is 5.00. The summed E-state index contributed by atoms with van der Waals surface area (Å²) in [4.78, 5) is 3.41. The minimum atomic E-state index is -4.24. The lowest BCUT2D eigenvalue weighted by atomic mass is 10.1. The molecule has 0 aliphatic carbocycles. The van der Waals surface area contributed by atoms with Crippen LogP contribution in [0.25, 0.3) is 0 Å². The highest BCUT2D eigenvalue weighted by atomic mass is 19.4. The third-order valence-electron chi connectivity index (χ3n) is 1.46. The van der Waals surface area contributed by atoms with Gasteiger partial charge in [0.25, 0.3) is 0 Å². The van der Waals surface area contributed by atoms with Crippen LogP contribution in [0.1, 0.15) is 19.8 Å². The SMILES string of the molecule is CC1=CCCC(C(F)(F)F)=N1. The smallest absolute Gasteiger partial charge is 0.253 e. The number of hydrogen-bond acceptors (Lipinski definition) is 1. The standard InChI is InChI=1S/C7H8F3N/c1-5-3-2-4-6(11-5)7(8,9)10/h3H,2,4H2,1H3. The number of hydrogen-bond donors (Lipinski definition) is 0. The van der Waals surface area contributed by atoms with E-state index in [4.69, 9.17) is 0 Å². The number of aliphatic imine (C=N–C) groups is 1. The Hall–Kier alpha value is -0.800. The van der Waals surface area contributed by atoms with E-state index in [9.17, 15) is 13.2 Å². The molecular formula is C7H8F3N. The zero-order valence-corrected chi connectivity index (χ0v) is 6.07. The van der Waals surface area contributed by atoms with Crippen LogP contribution in [0.5, 0.6) is 0 Å². The van der Waals surface area contributed by atoms with Crippen molar-refractivity contribution in [1.29, 1.82) is 0 Å². The summed E-state index contributed by atoms with van der Waals surface area (Å²) in [5.41, 5.74) is -0.193. The largest absolute Gasteiger partial charge is 0.429 e. The zero-order valence-electron chi connectivity index (χ0n) is 6.07. The molecule has 0 saturated carbocycles. The topological polar surface area (TPSA) is 12.4 Å². The number of halogens is 3. The Balaban J connectivity index is 2.82. The molecule has 1 rings (SSSR count). The van der Waals surface area contributed by atoms with Crippen LogP contribution >= 0.6 is 0 Å². The van der Waals surface area contributed by atoms with E-state index in [0.717, 1.165) is 0 Å². The molecule has 0 unspecified atom stereocenters. The molecule has 0 atom stereocenters. The molecular weight excluding hydrogens is 155 g/mol. The molecule has 0 spiro atoms. The minimum Gasteiger partial charge on any atom is -0.253 e. The van der Waals surface area contributed by atoms with E-state index in [1.54, 1.807) is 13.0 Å². The van der Waals surface area contributed by atoms with Crippen LogP contribution in [-0.2, 0) is 0 Å². The fourth-order valence-electron chi connectivity index (χ4n) is 0.937. The highest BCUT2D eigenvalue weighted by Gasteiger charge is 2.35. The van der Waals surface area contributed by atoms with E-state index in [0.29, 0.717) is 12.1 Å². The maximum absolute atomic E-state index is 12.0. The molecule has 0 saturated heterocycles. The van der Waals surface area contributed by atoms with Gasteiger partial charge in [-0.05, 0) is 19.8 Å². The Bertz CT molecular complexity index is 212. The van der Waals surface area contributed by atoms with Crippen molar-refractivity contribution in [3.63, 3.8) is 0 Å². The van der Waals surface area contributed by atoms with Gasteiger partial charge in [0.05, 0.1) is 0 Å². The molecule has 0 bridgehead atoms. The second-order valence-electron chi connectivity index (χ2n) is 2.44. The first kappa shape index (κ1) is 8.30. The number of alkyl halides is 3. The van der Waals surface area contributed by atoms with Crippen LogP contribution in [0.3, 0.4) is 0 Å². The predicted octanol–water partition coefficient (Wildman–Crippen LogP) is 2.69. The Morgan fingerprint density at radius 1 is 1.45 bits per heavy atom. The van der Waals surface area contributed by atoms with Crippen LogP contribution in [0, 0.1) is 0 Å². The van der Waals surface area contributed by atoms with E-state index in [-0.39, 0.29) is 6.42 Å². The summed E-state index contributed by atoms with van der Waals surface area (Å²) in [6.07, 6.45) is -2.07. The maximum atomic E-state index is 12.0. The van der Waals surface area contributed by atoms with Crippen LogP contribution in [-0.4, -0.2) is 11.9 Å². The van der Waals surface area contributed by atoms with E-state index in [1.165, 1.54) is 0 Å². The van der Waals surface area contributed by atoms with Crippen LogP contribution in [0.4, 0.5) is 13.2 Å². The first-order valence-electron chi connectivity index (χ1n) is 3.31. The monoisotopic (exact) mass is 163 g/mol. The van der Waals surface area contributed by atoms with Crippen molar-refractivity contribution in [2.24, 2.45) is 4.99 Å². The normalized spacial score (nSPS) is 19.3. The molecule has 0 N–H and O–H groups in total. The third-order valence-corrected chi connectivity index (χ3v) is 1.46. The van der Waals surface area contributed by atoms with Gasteiger partial charge in [-0.25, -0.2) is 0 Å². The van der Waals surface area contributed by atoms with E-state index >= 15 is 0 Å². The van der Waals surface area contributed by atoms with E-state index in [1.807, 2.05) is 0 Å². The van der Waals surface area contributed by atoms with E-state index in [2.05, 4.69) is 4.99 Å². The van der Waals surface area contributed by atoms with Gasteiger partial charge in [-0.15, -0.1) is 0 Å². The molecule has 1 heterocycles. The Labute approximate surface area is 62.6 Å². The van der Waals surface area contributed by atoms with E-state index < -0.39 is 11.9 Å². The average molecular weight is 163 g/mol. The lowest BCUT2D eigenvalue weighted by molar-refractivity contribution is -0.0606. The van der Waals surface area contributed by atoms with Gasteiger partial charge < -0.3 is 0 Å². The zero-order chi connectivity index (χ0) is 8.48. The van der Waals surface area contributed by atoms with Gasteiger partial charge in [-0.1, -0.05) is 6.08 Å². The molecule has 4 heteroatoms. The molecule has 62 valence electrons. The van der Waals surface area contributed by atoms with Gasteiger partial charge >= 0.3 is 6.18 Å². The fourth-order valence-corrected chi connectivity index (χ4v) is 0.937. The molecule has 1 aliphatic heterocycles. The fraction of sp³-hybridized carbons (Fsp3) is 0.571. The maximum Gasteiger partial charge on any atom is 0.429 e. The Morgan fingerprint density at radius 2 is 2.09 bits per heavy atom. The number of rotatable bonds is 0. The molecule has 0 radical (unpaired) electrons. The van der Waals surface area contributed by atoms with Crippen molar-refractivity contribution in [1.82, 2.24) is 0 Å². The van der Waals surface area contributed by atoms with Crippen molar-refractivity contribution in [2.75, 3.05) is 0 Å². The molecule has 1 aliphatic rings. The number of nitrogens with zero attached hydrogens (tertiary/aromatic N) is 1. The van der Waals surface area contributed by atoms with Crippen molar-refractivity contribution in [3.8, 4) is 0 Å². The predicted molar refractivity (Wildman–Crippen MR) is 36.5 cm³/mol. The van der Waals surface area contributed by atoms with Crippen molar-refractivity contribution >= 4 is 5.71 Å². The lowest BCUT2D eigenvalue weighted by Crippen LogP contribution is -2.23. The third kappa shape index (κ3) is 2.06. The van der Waals surface area contributed by atoms with Crippen molar-refractivity contribution < 1.29 is 13.2 Å². The second kappa shape index (κ2) is 2.68. The first-order valence-corrected chi connectivity index (χ1v) is 3.31. The van der Waals surface area contributed by atoms with Gasteiger partial charge in [0, 0.05) is 5.70 Å². The highest BCUT2D eigenvalue weighted by molar-refractivity contribution is 5.91. The van der Waals surface area contributed by atoms with Crippen LogP contribution < -0.4 is 0 Å². The Kier molecular flexibility index (Phi) is 2.02. The average Bonchev–Trinajstić information content (AvgIpc) is 1.86. The summed E-state index contributed by atoms with van der Waals surface area (Å²) in [6.45, 7) is 1.57. The van der Waals surface area contributed by atoms with Gasteiger partial charge in [0.1, 0.15) is 5.71 Å². The summed E-state index contributed by atoms with van der Waals surface area (Å²) in [5, 5.41) is 0. The highest BCUT2D eigenvalue weighted by Crippen LogP contribution is 2.24. The van der Waals surface area contributed by atoms with Crippen molar-refractivity contribution in [3.05, 3.63) is 11.8 Å². The summed E-state index contributed by atoms with van der Waals surface area (Å²) in [6, 6.07) is 0. The summed E-state index contributed by atoms with van der Waals surface area (Å²) >= 11 is 0. The van der Waals surface area contributed by atoms with Crippen LogP contribution in [0.2, 0.25) is 0 Å². The van der Waals surface area contributed by atoms with Crippen molar-refractivity contribution in [2.45, 2.75) is 25.9 Å². The summed E-state index contributed by atoms with van der Waals surface area (Å²) in [7, 11) is 0. The molecule has 1 nitrogen and oxygen atoms in total. The Morgan fingerprint density at radius 3 is 2.45 bits per heavy atom. The summed E-state index contributed by atoms with van der Waals surface area (Å²) in [5.74, 6) is 0. The molecule has 0 aromatic carbocycles. The molecule has 0 fully saturated rings. The van der Waals surface area contributed by atoms with Gasteiger partial charge in [-0.2, -0.15) is 13.2 Å². The second-order valence-corrected chi connectivity index (χ2v) is 2.44. The molecule has 0 amide bonds. The van der Waals surface area contributed by atoms with Gasteiger partial charge in [0.2, 0.25) is 0 Å². The summed E-state index contributed by atoms with van der Waals surface area (Å²) < 4.78 is 35.9. The molecule has 0 aromatic rings. The van der Waals surface area contributed by atoms with Crippen LogP contribution in [0.15, 0.2) is 16.8 Å². The molecule has 11 heavy (non-hydrogen) atoms. The minimum absolute atomic E-state index is 0.0147.